The Balaban J connectivity index is 2.14. The highest BCUT2D eigenvalue weighted by molar-refractivity contribution is 6.20. The topological polar surface area (TPSA) is 25.8 Å². The van der Waals surface area contributed by atoms with Crippen molar-refractivity contribution in [1.82, 2.24) is 9.97 Å². The van der Waals surface area contributed by atoms with Crippen LogP contribution >= 0.6 is 11.6 Å². The molecule has 2 aromatic rings. The van der Waals surface area contributed by atoms with Gasteiger partial charge in [0.15, 0.2) is 0 Å². The third-order valence-corrected chi connectivity index (χ3v) is 2.99. The number of hydrogen-bond acceptors (Lipinski definition) is 2. The second-order valence-electron chi connectivity index (χ2n) is 4.78. The van der Waals surface area contributed by atoms with Gasteiger partial charge in [-0.15, -0.1) is 11.6 Å². The van der Waals surface area contributed by atoms with Crippen molar-refractivity contribution in [3.63, 3.8) is 0 Å². The highest BCUT2D eigenvalue weighted by Crippen LogP contribution is 2.16. The highest BCUT2D eigenvalue weighted by atomic mass is 35.5. The smallest absolute Gasteiger partial charge is 0.0890 e. The van der Waals surface area contributed by atoms with E-state index in [1.165, 1.54) is 0 Å². The van der Waals surface area contributed by atoms with Crippen LogP contribution < -0.4 is 0 Å². The standard InChI is InChI=1S/C14H17ClN2/c1-10(2)7-11(15)8-12-9-16-13-5-3-4-6-14(13)17-12/h3-6,9-11H,7-8H2,1-2H3. The minimum Gasteiger partial charge on any atom is -0.253 e. The van der Waals surface area contributed by atoms with Crippen LogP contribution in [0.4, 0.5) is 0 Å². The molecule has 0 bridgehead atoms. The maximum atomic E-state index is 6.29. The molecule has 0 aliphatic carbocycles. The van der Waals surface area contributed by atoms with E-state index < -0.39 is 0 Å². The summed E-state index contributed by atoms with van der Waals surface area (Å²) in [6.07, 6.45) is 3.63. The first-order valence-corrected chi connectivity index (χ1v) is 6.43. The van der Waals surface area contributed by atoms with Gasteiger partial charge in [-0.3, -0.25) is 4.98 Å². The molecule has 1 unspecified atom stereocenters. The molecule has 0 aliphatic heterocycles. The van der Waals surface area contributed by atoms with E-state index in [4.69, 9.17) is 11.6 Å². The first-order valence-electron chi connectivity index (χ1n) is 6.00. The number of halogens is 1. The van der Waals surface area contributed by atoms with E-state index in [0.717, 1.165) is 29.6 Å². The molecule has 0 spiro atoms. The summed E-state index contributed by atoms with van der Waals surface area (Å²) < 4.78 is 0. The molecule has 2 nitrogen and oxygen atoms in total. The van der Waals surface area contributed by atoms with Crippen LogP contribution in [-0.4, -0.2) is 15.3 Å². The molecule has 3 heteroatoms. The summed E-state index contributed by atoms with van der Waals surface area (Å²) in [6.45, 7) is 4.36. The van der Waals surface area contributed by atoms with E-state index >= 15 is 0 Å². The lowest BCUT2D eigenvalue weighted by atomic mass is 10.0. The van der Waals surface area contributed by atoms with E-state index in [9.17, 15) is 0 Å². The Morgan fingerprint density at radius 1 is 1.18 bits per heavy atom. The lowest BCUT2D eigenvalue weighted by Crippen LogP contribution is -2.08. The van der Waals surface area contributed by atoms with Crippen LogP contribution in [-0.2, 0) is 6.42 Å². The quantitative estimate of drug-likeness (QED) is 0.769. The predicted octanol–water partition coefficient (Wildman–Crippen LogP) is 3.83. The summed E-state index contributed by atoms with van der Waals surface area (Å²) in [6, 6.07) is 7.91. The molecular weight excluding hydrogens is 232 g/mol. The first-order chi connectivity index (χ1) is 8.15. The Kier molecular flexibility index (Phi) is 3.95. The fourth-order valence-corrected chi connectivity index (χ4v) is 2.43. The van der Waals surface area contributed by atoms with Crippen LogP contribution in [0, 0.1) is 5.92 Å². The number of aromatic nitrogens is 2. The highest BCUT2D eigenvalue weighted by Gasteiger charge is 2.10. The molecule has 1 heterocycles. The Hall–Kier alpha value is -1.15. The van der Waals surface area contributed by atoms with Gasteiger partial charge in [0, 0.05) is 18.0 Å². The lowest BCUT2D eigenvalue weighted by molar-refractivity contribution is 0.559. The molecule has 0 fully saturated rings. The summed E-state index contributed by atoms with van der Waals surface area (Å²) in [7, 11) is 0. The Morgan fingerprint density at radius 3 is 2.59 bits per heavy atom. The zero-order chi connectivity index (χ0) is 12.3. The lowest BCUT2D eigenvalue weighted by Gasteiger charge is -2.11. The fraction of sp³-hybridized carbons (Fsp3) is 0.429. The Bertz CT molecular complexity index is 496. The Labute approximate surface area is 107 Å². The molecule has 0 aliphatic rings. The second-order valence-corrected chi connectivity index (χ2v) is 5.40. The van der Waals surface area contributed by atoms with Gasteiger partial charge in [-0.1, -0.05) is 26.0 Å². The molecule has 1 aromatic carbocycles. The zero-order valence-corrected chi connectivity index (χ0v) is 11.0. The van der Waals surface area contributed by atoms with Crippen molar-refractivity contribution in [3.05, 3.63) is 36.2 Å². The van der Waals surface area contributed by atoms with Gasteiger partial charge in [0.1, 0.15) is 0 Å². The van der Waals surface area contributed by atoms with Crippen LogP contribution in [0.3, 0.4) is 0 Å². The number of hydrogen-bond donors (Lipinski definition) is 0. The number of fused-ring (bicyclic) bond motifs is 1. The number of para-hydroxylation sites is 2. The van der Waals surface area contributed by atoms with Crippen molar-refractivity contribution in [2.45, 2.75) is 32.1 Å². The first kappa shape index (κ1) is 12.3. The molecule has 0 saturated carbocycles. The fourth-order valence-electron chi connectivity index (χ4n) is 1.92. The molecule has 0 radical (unpaired) electrons. The minimum atomic E-state index is 0.144. The minimum absolute atomic E-state index is 0.144. The molecule has 1 aromatic heterocycles. The van der Waals surface area contributed by atoms with E-state index in [0.29, 0.717) is 5.92 Å². The summed E-state index contributed by atoms with van der Waals surface area (Å²) in [5.41, 5.74) is 2.86. The summed E-state index contributed by atoms with van der Waals surface area (Å²) >= 11 is 6.29. The largest absolute Gasteiger partial charge is 0.253 e. The van der Waals surface area contributed by atoms with E-state index in [1.54, 1.807) is 0 Å². The van der Waals surface area contributed by atoms with Gasteiger partial charge in [-0.25, -0.2) is 4.98 Å². The average Bonchev–Trinajstić information content (AvgIpc) is 2.27. The van der Waals surface area contributed by atoms with Gasteiger partial charge in [0.25, 0.3) is 0 Å². The Morgan fingerprint density at radius 2 is 1.88 bits per heavy atom. The van der Waals surface area contributed by atoms with E-state index in [2.05, 4.69) is 23.8 Å². The molecule has 0 saturated heterocycles. The average molecular weight is 249 g/mol. The van der Waals surface area contributed by atoms with Crippen LogP contribution in [0.5, 0.6) is 0 Å². The van der Waals surface area contributed by atoms with E-state index in [1.807, 2.05) is 30.5 Å². The van der Waals surface area contributed by atoms with Crippen LogP contribution in [0.25, 0.3) is 11.0 Å². The number of nitrogens with zero attached hydrogens (tertiary/aromatic N) is 2. The summed E-state index contributed by atoms with van der Waals surface area (Å²) in [5.74, 6) is 0.617. The molecule has 0 amide bonds. The van der Waals surface area contributed by atoms with Crippen molar-refractivity contribution < 1.29 is 0 Å². The normalized spacial score (nSPS) is 13.2. The van der Waals surface area contributed by atoms with E-state index in [-0.39, 0.29) is 5.38 Å². The number of alkyl halides is 1. The van der Waals surface area contributed by atoms with Gasteiger partial charge in [0.2, 0.25) is 0 Å². The van der Waals surface area contributed by atoms with Gasteiger partial charge < -0.3 is 0 Å². The SMILES string of the molecule is CC(C)CC(Cl)Cc1cnc2ccccc2n1. The van der Waals surface area contributed by atoms with Crippen molar-refractivity contribution in [2.75, 3.05) is 0 Å². The van der Waals surface area contributed by atoms with Gasteiger partial charge >= 0.3 is 0 Å². The van der Waals surface area contributed by atoms with Crippen LogP contribution in [0.1, 0.15) is 26.0 Å². The second kappa shape index (κ2) is 5.46. The third-order valence-electron chi connectivity index (χ3n) is 2.66. The van der Waals surface area contributed by atoms with Gasteiger partial charge in [-0.05, 0) is 24.5 Å². The summed E-state index contributed by atoms with van der Waals surface area (Å²) in [4.78, 5) is 8.97. The summed E-state index contributed by atoms with van der Waals surface area (Å²) in [5, 5.41) is 0.144. The van der Waals surface area contributed by atoms with Crippen LogP contribution in [0.2, 0.25) is 0 Å². The predicted molar refractivity (Wildman–Crippen MR) is 72.3 cm³/mol. The van der Waals surface area contributed by atoms with Crippen molar-refractivity contribution >= 4 is 22.6 Å². The molecule has 2 rings (SSSR count). The van der Waals surface area contributed by atoms with Gasteiger partial charge in [0.05, 0.1) is 16.7 Å². The van der Waals surface area contributed by atoms with Crippen LogP contribution in [0.15, 0.2) is 30.5 Å². The van der Waals surface area contributed by atoms with Crippen molar-refractivity contribution in [2.24, 2.45) is 5.92 Å². The molecular formula is C14H17ClN2. The number of rotatable bonds is 4. The zero-order valence-electron chi connectivity index (χ0n) is 10.2. The molecule has 1 atom stereocenters. The molecule has 0 N–H and O–H groups in total. The third kappa shape index (κ3) is 3.40. The van der Waals surface area contributed by atoms with Crippen molar-refractivity contribution in [1.29, 1.82) is 0 Å². The molecule has 17 heavy (non-hydrogen) atoms. The van der Waals surface area contributed by atoms with Gasteiger partial charge in [-0.2, -0.15) is 0 Å². The monoisotopic (exact) mass is 248 g/mol. The maximum Gasteiger partial charge on any atom is 0.0890 e. The maximum absolute atomic E-state index is 6.29. The number of benzene rings is 1. The molecule has 90 valence electrons. The van der Waals surface area contributed by atoms with Crippen molar-refractivity contribution in [3.8, 4) is 0 Å².